The number of hydrogen-bond acceptors (Lipinski definition) is 3. The molecule has 1 aromatic carbocycles. The number of nitro groups is 1. The molecule has 0 saturated carbocycles. The molecule has 0 aliphatic carbocycles. The van der Waals surface area contributed by atoms with Crippen molar-refractivity contribution in [3.63, 3.8) is 0 Å². The van der Waals surface area contributed by atoms with E-state index in [-0.39, 0.29) is 11.4 Å². The van der Waals surface area contributed by atoms with Crippen molar-refractivity contribution in [3.8, 4) is 5.75 Å². The molecular formula is C17H25N2O3+. The Balaban J connectivity index is 0.00000211. The second kappa shape index (κ2) is 11.3. The molecule has 0 saturated heterocycles. The summed E-state index contributed by atoms with van der Waals surface area (Å²) in [5.41, 5.74) is 1.63. The fraction of sp³-hybridized carbons (Fsp3) is 0.353. The molecule has 0 bridgehead atoms. The molecule has 5 nitrogen and oxygen atoms in total. The van der Waals surface area contributed by atoms with E-state index < -0.39 is 4.92 Å². The van der Waals surface area contributed by atoms with Gasteiger partial charge in [-0.1, -0.05) is 33.4 Å². The Kier molecular flexibility index (Phi) is 10.0. The van der Waals surface area contributed by atoms with Gasteiger partial charge in [-0.2, -0.15) is 0 Å². The van der Waals surface area contributed by atoms with Gasteiger partial charge in [-0.25, -0.2) is 4.99 Å². The number of ether oxygens (including phenoxy) is 1. The zero-order valence-electron chi connectivity index (χ0n) is 13.8. The largest absolute Gasteiger partial charge is 0.490 e. The van der Waals surface area contributed by atoms with Gasteiger partial charge in [0.1, 0.15) is 6.54 Å². The summed E-state index contributed by atoms with van der Waals surface area (Å²) in [4.78, 5) is 13.5. The van der Waals surface area contributed by atoms with Gasteiger partial charge in [0, 0.05) is 18.6 Å². The minimum atomic E-state index is -0.463. The Hall–Kier alpha value is -2.43. The van der Waals surface area contributed by atoms with E-state index in [4.69, 9.17) is 4.74 Å². The minimum absolute atomic E-state index is 0.0484. The quantitative estimate of drug-likeness (QED) is 0.364. The number of methoxy groups -OCH3 is 1. The van der Waals surface area contributed by atoms with Crippen LogP contribution in [0, 0.1) is 10.1 Å². The molecule has 0 unspecified atom stereocenters. The number of rotatable bonds is 7. The van der Waals surface area contributed by atoms with Crippen LogP contribution >= 0.6 is 0 Å². The Morgan fingerprint density at radius 1 is 1.45 bits per heavy atom. The van der Waals surface area contributed by atoms with Crippen LogP contribution in [0.2, 0.25) is 0 Å². The fourth-order valence-electron chi connectivity index (χ4n) is 1.67. The molecule has 120 valence electrons. The summed E-state index contributed by atoms with van der Waals surface area (Å²) in [6.07, 6.45) is 6.46. The Morgan fingerprint density at radius 2 is 2.14 bits per heavy atom. The summed E-state index contributed by atoms with van der Waals surface area (Å²) in [5, 5.41) is 10.8. The van der Waals surface area contributed by atoms with E-state index in [9.17, 15) is 10.1 Å². The van der Waals surface area contributed by atoms with Crippen LogP contribution in [0.4, 0.5) is 5.69 Å². The lowest BCUT2D eigenvalue weighted by molar-refractivity contribution is -0.450. The fourth-order valence-corrected chi connectivity index (χ4v) is 1.67. The van der Waals surface area contributed by atoms with Crippen LogP contribution in [0.15, 0.2) is 36.9 Å². The van der Waals surface area contributed by atoms with E-state index in [2.05, 4.69) is 18.5 Å². The molecule has 5 heteroatoms. The van der Waals surface area contributed by atoms with Crippen LogP contribution in [0.1, 0.15) is 32.8 Å². The van der Waals surface area contributed by atoms with Crippen molar-refractivity contribution < 1.29 is 14.7 Å². The highest BCUT2D eigenvalue weighted by molar-refractivity contribution is 5.86. The van der Waals surface area contributed by atoms with E-state index in [1.54, 1.807) is 18.2 Å². The molecule has 0 radical (unpaired) electrons. The van der Waals surface area contributed by atoms with Crippen LogP contribution in [0.25, 0.3) is 5.57 Å². The van der Waals surface area contributed by atoms with Crippen LogP contribution in [-0.2, 0) is 0 Å². The number of nitro benzene ring substituents is 1. The molecule has 1 rings (SSSR count). The summed E-state index contributed by atoms with van der Waals surface area (Å²) in [6.45, 7) is 10.7. The summed E-state index contributed by atoms with van der Waals surface area (Å²) < 4.78 is 5.06. The first-order valence-corrected chi connectivity index (χ1v) is 7.36. The molecular weight excluding hydrogens is 280 g/mol. The maximum absolute atomic E-state index is 10.8. The van der Waals surface area contributed by atoms with Crippen molar-refractivity contribution in [1.82, 2.24) is 0 Å². The summed E-state index contributed by atoms with van der Waals surface area (Å²) in [6, 6.07) is 4.76. The molecule has 0 aliphatic heterocycles. The first-order valence-electron chi connectivity index (χ1n) is 7.36. The van der Waals surface area contributed by atoms with Crippen LogP contribution in [-0.4, -0.2) is 24.8 Å². The summed E-state index contributed by atoms with van der Waals surface area (Å²) in [7, 11) is 1.42. The lowest BCUT2D eigenvalue weighted by Gasteiger charge is -2.05. The molecule has 22 heavy (non-hydrogen) atoms. The lowest BCUT2D eigenvalue weighted by atomic mass is 10.0. The molecule has 0 aliphatic rings. The normalized spacial score (nSPS) is 10.8. The van der Waals surface area contributed by atoms with Crippen molar-refractivity contribution >= 4 is 17.5 Å². The zero-order chi connectivity index (χ0) is 17.0. The van der Waals surface area contributed by atoms with E-state index in [0.717, 1.165) is 24.1 Å². The lowest BCUT2D eigenvalue weighted by Crippen LogP contribution is -2.68. The topological polar surface area (TPSA) is 66.3 Å². The van der Waals surface area contributed by atoms with Gasteiger partial charge in [0.05, 0.1) is 12.0 Å². The predicted molar refractivity (Wildman–Crippen MR) is 91.4 cm³/mol. The second-order valence-corrected chi connectivity index (χ2v) is 4.09. The number of benzene rings is 1. The van der Waals surface area contributed by atoms with Crippen molar-refractivity contribution in [2.24, 2.45) is 0 Å². The minimum Gasteiger partial charge on any atom is -0.490 e. The van der Waals surface area contributed by atoms with E-state index in [0.29, 0.717) is 0 Å². The highest BCUT2D eigenvalue weighted by atomic mass is 16.6. The molecule has 0 fully saturated rings. The van der Waals surface area contributed by atoms with Crippen molar-refractivity contribution in [2.45, 2.75) is 27.2 Å². The van der Waals surface area contributed by atoms with E-state index >= 15 is 0 Å². The van der Waals surface area contributed by atoms with Crippen molar-refractivity contribution in [3.05, 3.63) is 52.6 Å². The SMILES string of the molecule is C=C/C(=C\C=[NH+]CCC)c1ccc([N+](=O)[O-])c(OC)c1.CC. The van der Waals surface area contributed by atoms with E-state index in [1.165, 1.54) is 13.2 Å². The van der Waals surface area contributed by atoms with Crippen LogP contribution in [0.3, 0.4) is 0 Å². The highest BCUT2D eigenvalue weighted by Crippen LogP contribution is 2.30. The average molecular weight is 305 g/mol. The first kappa shape index (κ1) is 19.6. The van der Waals surface area contributed by atoms with Gasteiger partial charge < -0.3 is 4.74 Å². The third-order valence-corrected chi connectivity index (χ3v) is 2.70. The third-order valence-electron chi connectivity index (χ3n) is 2.70. The smallest absolute Gasteiger partial charge is 0.310 e. The molecule has 0 amide bonds. The van der Waals surface area contributed by atoms with Crippen LogP contribution in [0.5, 0.6) is 5.75 Å². The van der Waals surface area contributed by atoms with Crippen molar-refractivity contribution in [1.29, 1.82) is 0 Å². The van der Waals surface area contributed by atoms with Gasteiger partial charge in [0.15, 0.2) is 12.0 Å². The number of nitrogens with zero attached hydrogens (tertiary/aromatic N) is 1. The molecule has 1 aromatic rings. The van der Waals surface area contributed by atoms with E-state index in [1.807, 2.05) is 26.1 Å². The van der Waals surface area contributed by atoms with Gasteiger partial charge in [0.25, 0.3) is 0 Å². The van der Waals surface area contributed by atoms with Gasteiger partial charge >= 0.3 is 5.69 Å². The highest BCUT2D eigenvalue weighted by Gasteiger charge is 2.15. The molecule has 0 spiro atoms. The summed E-state index contributed by atoms with van der Waals surface area (Å²) in [5.74, 6) is 0.238. The standard InChI is InChI=1S/C15H18N2O3.C2H6/c1-4-9-16-10-8-12(5-2)13-6-7-14(17(18)19)15(11-13)20-3;1-2/h5-8,10-11H,2,4,9H2,1,3H3;1-2H3/p+1/b12-8+,16-10?;. The maximum Gasteiger partial charge on any atom is 0.310 e. The Bertz CT molecular complexity index is 549. The van der Waals surface area contributed by atoms with Gasteiger partial charge in [0.2, 0.25) is 0 Å². The van der Waals surface area contributed by atoms with Gasteiger partial charge in [-0.15, -0.1) is 0 Å². The first-order chi connectivity index (χ1) is 10.6. The maximum atomic E-state index is 10.8. The number of nitrogens with one attached hydrogen (secondary N) is 1. The second-order valence-electron chi connectivity index (χ2n) is 4.09. The van der Waals surface area contributed by atoms with Crippen molar-refractivity contribution in [2.75, 3.05) is 13.7 Å². The third kappa shape index (κ3) is 5.91. The average Bonchev–Trinajstić information content (AvgIpc) is 2.56. The predicted octanol–water partition coefficient (Wildman–Crippen LogP) is 2.76. The molecule has 0 heterocycles. The zero-order valence-corrected chi connectivity index (χ0v) is 13.8. The molecule has 0 atom stereocenters. The van der Waals surface area contributed by atoms with Gasteiger partial charge in [-0.05, 0) is 23.3 Å². The number of allylic oxidation sites excluding steroid dienone is 3. The van der Waals surface area contributed by atoms with Gasteiger partial charge in [-0.3, -0.25) is 10.1 Å². The Morgan fingerprint density at radius 3 is 2.64 bits per heavy atom. The Labute approximate surface area is 132 Å². The summed E-state index contributed by atoms with van der Waals surface area (Å²) >= 11 is 0. The monoisotopic (exact) mass is 305 g/mol. The van der Waals surface area contributed by atoms with Crippen LogP contribution < -0.4 is 9.73 Å². The molecule has 1 N–H and O–H groups in total. The number of hydrogen-bond donors (Lipinski definition) is 1. The molecule has 0 aromatic heterocycles.